The number of fused-ring (bicyclic) bond motifs is 1. The lowest BCUT2D eigenvalue weighted by atomic mass is 9.93. The van der Waals surface area contributed by atoms with Crippen LogP contribution in [0.3, 0.4) is 0 Å². The molecule has 2 aromatic rings. The standard InChI is InChI=1S/C15H19ClFN3/c1-10-9-19(2)6-5-13(10)20-14-4-3-11(17)7-12(14)18-15(20)8-16/h3-4,7,10,13H,5-6,8-9H2,1-2H3. The Kier molecular flexibility index (Phi) is 3.69. The fourth-order valence-electron chi connectivity index (χ4n) is 3.31. The number of rotatable bonds is 2. The Morgan fingerprint density at radius 1 is 1.45 bits per heavy atom. The minimum atomic E-state index is -0.250. The summed E-state index contributed by atoms with van der Waals surface area (Å²) < 4.78 is 15.6. The van der Waals surface area contributed by atoms with Gasteiger partial charge in [-0.3, -0.25) is 0 Å². The molecule has 2 unspecified atom stereocenters. The highest BCUT2D eigenvalue weighted by atomic mass is 35.5. The average molecular weight is 296 g/mol. The monoisotopic (exact) mass is 295 g/mol. The lowest BCUT2D eigenvalue weighted by Crippen LogP contribution is -2.38. The summed E-state index contributed by atoms with van der Waals surface area (Å²) in [4.78, 5) is 6.85. The van der Waals surface area contributed by atoms with E-state index in [1.807, 2.05) is 6.07 Å². The molecular formula is C15H19ClFN3. The van der Waals surface area contributed by atoms with Gasteiger partial charge >= 0.3 is 0 Å². The maximum Gasteiger partial charge on any atom is 0.125 e. The molecule has 2 atom stereocenters. The Hall–Kier alpha value is -1.13. The van der Waals surface area contributed by atoms with Gasteiger partial charge in [0.25, 0.3) is 0 Å². The van der Waals surface area contributed by atoms with E-state index in [0.29, 0.717) is 23.4 Å². The molecule has 3 rings (SSSR count). The van der Waals surface area contributed by atoms with Crippen LogP contribution in [0.5, 0.6) is 0 Å². The Morgan fingerprint density at radius 2 is 2.25 bits per heavy atom. The first-order chi connectivity index (χ1) is 9.60. The highest BCUT2D eigenvalue weighted by Crippen LogP contribution is 2.32. The number of piperidine rings is 1. The van der Waals surface area contributed by atoms with E-state index in [1.165, 1.54) is 12.1 Å². The molecule has 0 amide bonds. The molecule has 1 saturated heterocycles. The van der Waals surface area contributed by atoms with Crippen LogP contribution in [0.4, 0.5) is 4.39 Å². The highest BCUT2D eigenvalue weighted by Gasteiger charge is 2.28. The van der Waals surface area contributed by atoms with Gasteiger partial charge in [0.15, 0.2) is 0 Å². The van der Waals surface area contributed by atoms with Crippen molar-refractivity contribution in [3.05, 3.63) is 29.8 Å². The number of imidazole rings is 1. The van der Waals surface area contributed by atoms with Crippen molar-refractivity contribution in [2.45, 2.75) is 25.3 Å². The van der Waals surface area contributed by atoms with Crippen molar-refractivity contribution >= 4 is 22.6 Å². The number of nitrogens with zero attached hydrogens (tertiary/aromatic N) is 3. The predicted octanol–water partition coefficient (Wildman–Crippen LogP) is 3.43. The number of alkyl halides is 1. The minimum Gasteiger partial charge on any atom is -0.323 e. The molecule has 0 aliphatic carbocycles. The lowest BCUT2D eigenvalue weighted by Gasteiger charge is -2.36. The molecule has 0 N–H and O–H groups in total. The third-order valence-electron chi connectivity index (χ3n) is 4.24. The first-order valence-electron chi connectivity index (χ1n) is 7.01. The van der Waals surface area contributed by atoms with Crippen LogP contribution in [0.2, 0.25) is 0 Å². The third kappa shape index (κ3) is 2.31. The Balaban J connectivity index is 2.09. The van der Waals surface area contributed by atoms with Gasteiger partial charge in [0.2, 0.25) is 0 Å². The molecule has 2 heterocycles. The molecule has 1 aliphatic rings. The van der Waals surface area contributed by atoms with E-state index < -0.39 is 0 Å². The second-order valence-corrected chi connectivity index (χ2v) is 6.03. The second-order valence-electron chi connectivity index (χ2n) is 5.76. The van der Waals surface area contributed by atoms with E-state index in [9.17, 15) is 4.39 Å². The zero-order chi connectivity index (χ0) is 14.3. The van der Waals surface area contributed by atoms with Gasteiger partial charge in [0.05, 0.1) is 16.9 Å². The van der Waals surface area contributed by atoms with Crippen LogP contribution in [0, 0.1) is 11.7 Å². The summed E-state index contributed by atoms with van der Waals surface area (Å²) in [5.74, 6) is 1.47. The predicted molar refractivity (Wildman–Crippen MR) is 79.6 cm³/mol. The van der Waals surface area contributed by atoms with E-state index in [-0.39, 0.29) is 5.82 Å². The Morgan fingerprint density at radius 3 is 2.95 bits per heavy atom. The van der Waals surface area contributed by atoms with Crippen LogP contribution >= 0.6 is 11.6 Å². The van der Waals surface area contributed by atoms with Gasteiger partial charge in [-0.15, -0.1) is 11.6 Å². The smallest absolute Gasteiger partial charge is 0.125 e. The molecule has 5 heteroatoms. The van der Waals surface area contributed by atoms with Crippen LogP contribution in [-0.4, -0.2) is 34.6 Å². The van der Waals surface area contributed by atoms with Crippen molar-refractivity contribution < 1.29 is 4.39 Å². The average Bonchev–Trinajstić information content (AvgIpc) is 2.76. The summed E-state index contributed by atoms with van der Waals surface area (Å²) in [6.45, 7) is 4.39. The van der Waals surface area contributed by atoms with Gasteiger partial charge in [0.1, 0.15) is 11.6 Å². The topological polar surface area (TPSA) is 21.1 Å². The summed E-state index contributed by atoms with van der Waals surface area (Å²) in [7, 11) is 2.15. The van der Waals surface area contributed by atoms with Gasteiger partial charge in [-0.1, -0.05) is 6.92 Å². The number of benzene rings is 1. The molecule has 0 bridgehead atoms. The van der Waals surface area contributed by atoms with Gasteiger partial charge in [-0.2, -0.15) is 0 Å². The van der Waals surface area contributed by atoms with Crippen molar-refractivity contribution in [2.75, 3.05) is 20.1 Å². The first kappa shape index (κ1) is 13.8. The number of hydrogen-bond acceptors (Lipinski definition) is 2. The molecule has 3 nitrogen and oxygen atoms in total. The molecule has 1 aromatic heterocycles. The molecule has 1 aliphatic heterocycles. The summed E-state index contributed by atoms with van der Waals surface area (Å²) in [6.07, 6.45) is 1.07. The number of aromatic nitrogens is 2. The van der Waals surface area contributed by atoms with E-state index in [2.05, 4.69) is 28.4 Å². The maximum atomic E-state index is 13.4. The normalized spacial score (nSPS) is 24.4. The highest BCUT2D eigenvalue weighted by molar-refractivity contribution is 6.16. The van der Waals surface area contributed by atoms with Crippen LogP contribution in [0.15, 0.2) is 18.2 Å². The quantitative estimate of drug-likeness (QED) is 0.792. The van der Waals surface area contributed by atoms with Crippen molar-refractivity contribution in [1.29, 1.82) is 0 Å². The zero-order valence-electron chi connectivity index (χ0n) is 11.8. The number of hydrogen-bond donors (Lipinski definition) is 0. The Bertz CT molecular complexity index is 625. The van der Waals surface area contributed by atoms with Crippen LogP contribution in [0.1, 0.15) is 25.2 Å². The minimum absolute atomic E-state index is 0.250. The largest absolute Gasteiger partial charge is 0.323 e. The molecule has 0 spiro atoms. The zero-order valence-corrected chi connectivity index (χ0v) is 12.6. The summed E-state index contributed by atoms with van der Waals surface area (Å²) in [5, 5.41) is 0. The molecule has 108 valence electrons. The van der Waals surface area contributed by atoms with Crippen molar-refractivity contribution in [2.24, 2.45) is 5.92 Å². The fraction of sp³-hybridized carbons (Fsp3) is 0.533. The van der Waals surface area contributed by atoms with E-state index in [4.69, 9.17) is 11.6 Å². The summed E-state index contributed by atoms with van der Waals surface area (Å²) in [5.41, 5.74) is 1.69. The SMILES string of the molecule is CC1CN(C)CCC1n1c(CCl)nc2cc(F)ccc21. The lowest BCUT2D eigenvalue weighted by molar-refractivity contribution is 0.160. The summed E-state index contributed by atoms with van der Waals surface area (Å²) >= 11 is 6.05. The van der Waals surface area contributed by atoms with Crippen LogP contribution in [-0.2, 0) is 5.88 Å². The third-order valence-corrected chi connectivity index (χ3v) is 4.48. The van der Waals surface area contributed by atoms with Gasteiger partial charge in [0, 0.05) is 18.7 Å². The van der Waals surface area contributed by atoms with Crippen molar-refractivity contribution in [1.82, 2.24) is 14.5 Å². The van der Waals surface area contributed by atoms with Gasteiger partial charge in [-0.25, -0.2) is 9.37 Å². The maximum absolute atomic E-state index is 13.4. The van der Waals surface area contributed by atoms with Gasteiger partial charge < -0.3 is 9.47 Å². The van der Waals surface area contributed by atoms with E-state index >= 15 is 0 Å². The fourth-order valence-corrected chi connectivity index (χ4v) is 3.50. The van der Waals surface area contributed by atoms with Crippen molar-refractivity contribution in [3.63, 3.8) is 0 Å². The number of halogens is 2. The molecule has 0 radical (unpaired) electrons. The van der Waals surface area contributed by atoms with Crippen LogP contribution in [0.25, 0.3) is 11.0 Å². The molecule has 1 fully saturated rings. The summed E-state index contributed by atoms with van der Waals surface area (Å²) in [6, 6.07) is 5.19. The van der Waals surface area contributed by atoms with E-state index in [1.54, 1.807) is 0 Å². The van der Waals surface area contributed by atoms with Crippen LogP contribution < -0.4 is 0 Å². The van der Waals surface area contributed by atoms with Crippen molar-refractivity contribution in [3.8, 4) is 0 Å². The molecular weight excluding hydrogens is 277 g/mol. The first-order valence-corrected chi connectivity index (χ1v) is 7.54. The molecule has 20 heavy (non-hydrogen) atoms. The Labute approximate surface area is 123 Å². The molecule has 0 saturated carbocycles. The second kappa shape index (κ2) is 5.34. The molecule has 1 aromatic carbocycles. The van der Waals surface area contributed by atoms with Gasteiger partial charge in [-0.05, 0) is 38.1 Å². The number of likely N-dealkylation sites (tertiary alicyclic amines) is 1. The van der Waals surface area contributed by atoms with E-state index in [0.717, 1.165) is 30.9 Å².